The lowest BCUT2D eigenvalue weighted by atomic mass is 9.94. The van der Waals surface area contributed by atoms with E-state index in [1.165, 1.54) is 0 Å². The minimum Gasteiger partial charge on any atom is -0.481 e. The number of carbonyl (C=O) groups is 1. The van der Waals surface area contributed by atoms with Crippen LogP contribution in [0.5, 0.6) is 0 Å². The minimum absolute atomic E-state index is 0.0113. The number of halogens is 1. The van der Waals surface area contributed by atoms with Crippen molar-refractivity contribution < 1.29 is 9.90 Å². The summed E-state index contributed by atoms with van der Waals surface area (Å²) in [6.45, 7) is 1.72. The van der Waals surface area contributed by atoms with Gasteiger partial charge in [-0.15, -0.1) is 5.92 Å². The number of benzene rings is 2. The van der Waals surface area contributed by atoms with Gasteiger partial charge >= 0.3 is 5.97 Å². The van der Waals surface area contributed by atoms with Gasteiger partial charge in [-0.25, -0.2) is 0 Å². The molecule has 3 heteroatoms. The van der Waals surface area contributed by atoms with Crippen molar-refractivity contribution >= 4 is 17.6 Å². The van der Waals surface area contributed by atoms with Crippen molar-refractivity contribution in [2.24, 2.45) is 0 Å². The van der Waals surface area contributed by atoms with Crippen molar-refractivity contribution in [3.8, 4) is 23.0 Å². The highest BCUT2D eigenvalue weighted by Gasteiger charge is 2.13. The Morgan fingerprint density at radius 1 is 1.19 bits per heavy atom. The van der Waals surface area contributed by atoms with Crippen molar-refractivity contribution in [3.63, 3.8) is 0 Å². The first kappa shape index (κ1) is 15.2. The maximum atomic E-state index is 10.9. The van der Waals surface area contributed by atoms with E-state index in [9.17, 15) is 4.79 Å². The SMILES string of the molecule is CC#CC(CC(=O)O)c1ccc(-c2cccc(Cl)c2)cc1. The molecule has 0 aromatic heterocycles. The second kappa shape index (κ2) is 6.97. The molecule has 2 nitrogen and oxygen atoms in total. The quantitative estimate of drug-likeness (QED) is 0.838. The standard InChI is InChI=1S/C18H15ClO2/c1-2-4-15(12-18(20)21)13-7-9-14(10-8-13)16-5-3-6-17(19)11-16/h3,5-11,15H,12H2,1H3,(H,20,21). The van der Waals surface area contributed by atoms with Crippen molar-refractivity contribution in [2.45, 2.75) is 19.3 Å². The number of carboxylic acids is 1. The van der Waals surface area contributed by atoms with Crippen LogP contribution in [0.1, 0.15) is 24.8 Å². The van der Waals surface area contributed by atoms with Crippen LogP contribution >= 0.6 is 11.6 Å². The summed E-state index contributed by atoms with van der Waals surface area (Å²) in [6.07, 6.45) is 0.0113. The molecule has 0 radical (unpaired) electrons. The summed E-state index contributed by atoms with van der Waals surface area (Å²) in [7, 11) is 0. The second-order valence-electron chi connectivity index (χ2n) is 4.68. The van der Waals surface area contributed by atoms with Gasteiger partial charge in [-0.05, 0) is 35.7 Å². The molecule has 1 unspecified atom stereocenters. The van der Waals surface area contributed by atoms with Crippen LogP contribution in [0.4, 0.5) is 0 Å². The average Bonchev–Trinajstić information content (AvgIpc) is 2.47. The Kier molecular flexibility index (Phi) is 5.03. The lowest BCUT2D eigenvalue weighted by Gasteiger charge is -2.10. The summed E-state index contributed by atoms with van der Waals surface area (Å²) < 4.78 is 0. The molecule has 21 heavy (non-hydrogen) atoms. The van der Waals surface area contributed by atoms with Gasteiger partial charge in [0.25, 0.3) is 0 Å². The van der Waals surface area contributed by atoms with Crippen molar-refractivity contribution in [3.05, 3.63) is 59.1 Å². The number of hydrogen-bond acceptors (Lipinski definition) is 1. The average molecular weight is 299 g/mol. The maximum absolute atomic E-state index is 10.9. The summed E-state index contributed by atoms with van der Waals surface area (Å²) in [5.41, 5.74) is 2.99. The molecule has 0 heterocycles. The van der Waals surface area contributed by atoms with Gasteiger partial charge in [0.1, 0.15) is 0 Å². The Hall–Kier alpha value is -2.24. The monoisotopic (exact) mass is 298 g/mol. The predicted octanol–water partition coefficient (Wildman–Crippen LogP) is 4.59. The number of hydrogen-bond donors (Lipinski definition) is 1. The molecule has 1 N–H and O–H groups in total. The van der Waals surface area contributed by atoms with Crippen molar-refractivity contribution in [2.75, 3.05) is 0 Å². The van der Waals surface area contributed by atoms with Crippen LogP contribution in [-0.2, 0) is 4.79 Å². The Bertz CT molecular complexity index is 693. The fourth-order valence-corrected chi connectivity index (χ4v) is 2.37. The molecule has 2 rings (SSSR count). The normalized spacial score (nSPS) is 11.3. The van der Waals surface area contributed by atoms with Gasteiger partial charge in [0.05, 0.1) is 12.3 Å². The van der Waals surface area contributed by atoms with E-state index in [1.54, 1.807) is 6.92 Å². The lowest BCUT2D eigenvalue weighted by molar-refractivity contribution is -0.137. The Morgan fingerprint density at radius 2 is 1.90 bits per heavy atom. The van der Waals surface area contributed by atoms with Crippen molar-refractivity contribution in [1.29, 1.82) is 0 Å². The van der Waals surface area contributed by atoms with Gasteiger partial charge in [0, 0.05) is 5.02 Å². The summed E-state index contributed by atoms with van der Waals surface area (Å²) >= 11 is 5.99. The Balaban J connectivity index is 2.28. The molecule has 2 aromatic carbocycles. The molecule has 2 aromatic rings. The molecule has 0 fully saturated rings. The molecule has 0 aliphatic rings. The minimum atomic E-state index is -0.846. The highest BCUT2D eigenvalue weighted by atomic mass is 35.5. The van der Waals surface area contributed by atoms with E-state index >= 15 is 0 Å². The summed E-state index contributed by atoms with van der Waals surface area (Å²) in [5, 5.41) is 9.64. The molecule has 0 saturated carbocycles. The molecule has 1 atom stereocenters. The van der Waals surface area contributed by atoms with E-state index in [0.29, 0.717) is 5.02 Å². The molecule has 0 spiro atoms. The highest BCUT2D eigenvalue weighted by molar-refractivity contribution is 6.30. The molecular formula is C18H15ClO2. The van der Waals surface area contributed by atoms with Gasteiger partial charge in [-0.1, -0.05) is 53.9 Å². The number of rotatable bonds is 4. The van der Waals surface area contributed by atoms with Crippen LogP contribution < -0.4 is 0 Å². The third-order valence-electron chi connectivity index (χ3n) is 3.17. The maximum Gasteiger partial charge on any atom is 0.304 e. The summed E-state index contributed by atoms with van der Waals surface area (Å²) in [6, 6.07) is 15.4. The van der Waals surface area contributed by atoms with Gasteiger partial charge in [-0.2, -0.15) is 0 Å². The zero-order valence-electron chi connectivity index (χ0n) is 11.6. The zero-order chi connectivity index (χ0) is 15.2. The molecule has 0 saturated heterocycles. The fraction of sp³-hybridized carbons (Fsp3) is 0.167. The summed E-state index contributed by atoms with van der Waals surface area (Å²) in [4.78, 5) is 10.9. The van der Waals surface area contributed by atoms with Crippen LogP contribution in [0, 0.1) is 11.8 Å². The lowest BCUT2D eigenvalue weighted by Crippen LogP contribution is -2.04. The van der Waals surface area contributed by atoms with Gasteiger partial charge in [0.2, 0.25) is 0 Å². The van der Waals surface area contributed by atoms with E-state index in [-0.39, 0.29) is 12.3 Å². The van der Waals surface area contributed by atoms with Gasteiger partial charge in [-0.3, -0.25) is 4.79 Å². The smallest absolute Gasteiger partial charge is 0.304 e. The second-order valence-corrected chi connectivity index (χ2v) is 5.11. The van der Waals surface area contributed by atoms with Crippen LogP contribution in [0.15, 0.2) is 48.5 Å². The van der Waals surface area contributed by atoms with Crippen LogP contribution in [-0.4, -0.2) is 11.1 Å². The van der Waals surface area contributed by atoms with Crippen LogP contribution in [0.25, 0.3) is 11.1 Å². The summed E-state index contributed by atoms with van der Waals surface area (Å²) in [5.74, 6) is 4.62. The van der Waals surface area contributed by atoms with E-state index in [0.717, 1.165) is 16.7 Å². The topological polar surface area (TPSA) is 37.3 Å². The van der Waals surface area contributed by atoms with E-state index in [1.807, 2.05) is 48.5 Å². The predicted molar refractivity (Wildman–Crippen MR) is 85.3 cm³/mol. The Labute approximate surface area is 129 Å². The number of aliphatic carboxylic acids is 1. The zero-order valence-corrected chi connectivity index (χ0v) is 12.4. The van der Waals surface area contributed by atoms with Crippen LogP contribution in [0.2, 0.25) is 5.02 Å². The Morgan fingerprint density at radius 3 is 2.48 bits per heavy atom. The molecule has 0 aliphatic carbocycles. The van der Waals surface area contributed by atoms with Crippen molar-refractivity contribution in [1.82, 2.24) is 0 Å². The molecule has 0 aliphatic heterocycles. The van der Waals surface area contributed by atoms with Crippen LogP contribution in [0.3, 0.4) is 0 Å². The number of carboxylic acid groups (broad SMARTS) is 1. The van der Waals surface area contributed by atoms with Gasteiger partial charge in [0.15, 0.2) is 0 Å². The first-order valence-electron chi connectivity index (χ1n) is 6.60. The van der Waals surface area contributed by atoms with E-state index < -0.39 is 5.97 Å². The van der Waals surface area contributed by atoms with E-state index in [2.05, 4.69) is 11.8 Å². The molecule has 106 valence electrons. The molecule has 0 bridgehead atoms. The van der Waals surface area contributed by atoms with E-state index in [4.69, 9.17) is 16.7 Å². The fourth-order valence-electron chi connectivity index (χ4n) is 2.18. The third-order valence-corrected chi connectivity index (χ3v) is 3.40. The highest BCUT2D eigenvalue weighted by Crippen LogP contribution is 2.26. The first-order chi connectivity index (χ1) is 10.1. The molecular weight excluding hydrogens is 284 g/mol. The third kappa shape index (κ3) is 4.11. The van der Waals surface area contributed by atoms with Gasteiger partial charge < -0.3 is 5.11 Å². The largest absolute Gasteiger partial charge is 0.481 e. The molecule has 0 amide bonds. The first-order valence-corrected chi connectivity index (χ1v) is 6.98.